The molecule has 20 heavy (non-hydrogen) atoms. The molecule has 2 rings (SSSR count). The van der Waals surface area contributed by atoms with E-state index in [0.717, 1.165) is 11.1 Å². The number of carboxylic acids is 1. The summed E-state index contributed by atoms with van der Waals surface area (Å²) < 4.78 is 4.74. The topological polar surface area (TPSA) is 83.6 Å². The van der Waals surface area contributed by atoms with Crippen LogP contribution in [0.4, 0.5) is 0 Å². The molecule has 1 heterocycles. The van der Waals surface area contributed by atoms with Gasteiger partial charge in [-0.25, -0.2) is 4.79 Å². The van der Waals surface area contributed by atoms with Crippen LogP contribution in [0.3, 0.4) is 0 Å². The number of carboxylic acid groups (broad SMARTS) is 1. The standard InChI is InChI=1S/C15H17NO4/c1-8-5-9(11-7-12(14(18)19)20-16-11)13(17)10(6-8)15(2,3)4/h5-7,17H,1-4H3,(H,18,19). The Bertz CT molecular complexity index is 665. The number of phenolic OH excluding ortho intramolecular Hbond substituents is 1. The molecule has 0 saturated heterocycles. The maximum Gasteiger partial charge on any atom is 0.374 e. The summed E-state index contributed by atoms with van der Waals surface area (Å²) in [6.07, 6.45) is 0. The molecule has 0 fully saturated rings. The van der Waals surface area contributed by atoms with E-state index < -0.39 is 5.97 Å². The van der Waals surface area contributed by atoms with Crippen molar-refractivity contribution in [2.24, 2.45) is 0 Å². The van der Waals surface area contributed by atoms with Gasteiger partial charge in [-0.3, -0.25) is 0 Å². The van der Waals surface area contributed by atoms with E-state index in [2.05, 4.69) is 5.16 Å². The van der Waals surface area contributed by atoms with Crippen molar-refractivity contribution >= 4 is 5.97 Å². The van der Waals surface area contributed by atoms with E-state index in [1.165, 1.54) is 6.07 Å². The Morgan fingerprint density at radius 1 is 1.25 bits per heavy atom. The molecule has 0 radical (unpaired) electrons. The molecule has 2 N–H and O–H groups in total. The van der Waals surface area contributed by atoms with E-state index in [4.69, 9.17) is 9.63 Å². The molecule has 1 aromatic carbocycles. The number of rotatable bonds is 2. The minimum Gasteiger partial charge on any atom is -0.507 e. The second-order valence-electron chi connectivity index (χ2n) is 5.84. The molecule has 0 aliphatic heterocycles. The van der Waals surface area contributed by atoms with Gasteiger partial charge in [-0.2, -0.15) is 0 Å². The SMILES string of the molecule is Cc1cc(-c2cc(C(=O)O)on2)c(O)c(C(C)(C)C)c1. The van der Waals surface area contributed by atoms with Crippen LogP contribution in [-0.4, -0.2) is 21.3 Å². The molecule has 0 bridgehead atoms. The van der Waals surface area contributed by atoms with Gasteiger partial charge in [0.25, 0.3) is 0 Å². The predicted molar refractivity (Wildman–Crippen MR) is 74.0 cm³/mol. The highest BCUT2D eigenvalue weighted by Gasteiger charge is 2.23. The first-order valence-corrected chi connectivity index (χ1v) is 6.24. The highest BCUT2D eigenvalue weighted by atomic mass is 16.5. The summed E-state index contributed by atoms with van der Waals surface area (Å²) >= 11 is 0. The molecular formula is C15H17NO4. The highest BCUT2D eigenvalue weighted by Crippen LogP contribution is 2.39. The quantitative estimate of drug-likeness (QED) is 0.878. The fraction of sp³-hybridized carbons (Fsp3) is 0.333. The van der Waals surface area contributed by atoms with E-state index >= 15 is 0 Å². The summed E-state index contributed by atoms with van der Waals surface area (Å²) in [5.41, 5.74) is 2.31. The van der Waals surface area contributed by atoms with Crippen LogP contribution in [0, 0.1) is 6.92 Å². The summed E-state index contributed by atoms with van der Waals surface area (Å²) in [6.45, 7) is 7.90. The van der Waals surface area contributed by atoms with Crippen molar-refractivity contribution in [3.63, 3.8) is 0 Å². The molecule has 0 aliphatic carbocycles. The lowest BCUT2D eigenvalue weighted by atomic mass is 9.84. The second-order valence-corrected chi connectivity index (χ2v) is 5.84. The maximum absolute atomic E-state index is 10.8. The highest BCUT2D eigenvalue weighted by molar-refractivity contribution is 5.86. The number of nitrogens with zero attached hydrogens (tertiary/aromatic N) is 1. The van der Waals surface area contributed by atoms with Crippen LogP contribution in [0.1, 0.15) is 42.5 Å². The lowest BCUT2D eigenvalue weighted by molar-refractivity contribution is 0.0652. The normalized spacial score (nSPS) is 11.6. The number of hydrogen-bond donors (Lipinski definition) is 2. The molecule has 1 aromatic heterocycles. The Hall–Kier alpha value is -2.30. The van der Waals surface area contributed by atoms with Gasteiger partial charge >= 0.3 is 5.97 Å². The molecule has 5 heteroatoms. The zero-order chi connectivity index (χ0) is 15.1. The first-order valence-electron chi connectivity index (χ1n) is 6.24. The fourth-order valence-corrected chi connectivity index (χ4v) is 2.05. The van der Waals surface area contributed by atoms with Crippen molar-refractivity contribution in [3.8, 4) is 17.0 Å². The van der Waals surface area contributed by atoms with Gasteiger partial charge in [-0.15, -0.1) is 0 Å². The molecule has 0 amide bonds. The minimum atomic E-state index is -1.19. The van der Waals surface area contributed by atoms with Crippen molar-refractivity contribution in [2.75, 3.05) is 0 Å². The van der Waals surface area contributed by atoms with Gasteiger partial charge in [0.1, 0.15) is 11.4 Å². The fourth-order valence-electron chi connectivity index (χ4n) is 2.05. The van der Waals surface area contributed by atoms with Crippen LogP contribution in [0.5, 0.6) is 5.75 Å². The smallest absolute Gasteiger partial charge is 0.374 e. The lowest BCUT2D eigenvalue weighted by Gasteiger charge is -2.22. The Kier molecular flexibility index (Phi) is 3.29. The Balaban J connectivity index is 2.62. The summed E-state index contributed by atoms with van der Waals surface area (Å²) in [5, 5.41) is 23.0. The number of carbonyl (C=O) groups is 1. The van der Waals surface area contributed by atoms with E-state index in [0.29, 0.717) is 11.3 Å². The largest absolute Gasteiger partial charge is 0.507 e. The third-order valence-electron chi connectivity index (χ3n) is 3.06. The number of aromatic nitrogens is 1. The van der Waals surface area contributed by atoms with Crippen molar-refractivity contribution in [1.29, 1.82) is 0 Å². The Morgan fingerprint density at radius 2 is 1.90 bits per heavy atom. The number of aromatic carboxylic acids is 1. The zero-order valence-corrected chi connectivity index (χ0v) is 11.9. The van der Waals surface area contributed by atoms with Crippen molar-refractivity contribution in [1.82, 2.24) is 5.16 Å². The number of aryl methyl sites for hydroxylation is 1. The molecule has 106 valence electrons. The number of benzene rings is 1. The molecule has 0 atom stereocenters. The monoisotopic (exact) mass is 275 g/mol. The number of aromatic hydroxyl groups is 1. The van der Waals surface area contributed by atoms with Gasteiger partial charge in [-0.1, -0.05) is 32.0 Å². The van der Waals surface area contributed by atoms with Gasteiger partial charge in [-0.05, 0) is 24.0 Å². The Labute approximate surface area is 116 Å². The van der Waals surface area contributed by atoms with E-state index in [-0.39, 0.29) is 16.9 Å². The molecule has 0 saturated carbocycles. The van der Waals surface area contributed by atoms with E-state index in [9.17, 15) is 9.90 Å². The number of phenols is 1. The predicted octanol–water partition coefficient (Wildman–Crippen LogP) is 3.35. The zero-order valence-electron chi connectivity index (χ0n) is 11.9. The molecule has 0 unspecified atom stereocenters. The molecular weight excluding hydrogens is 258 g/mol. The Morgan fingerprint density at radius 3 is 2.40 bits per heavy atom. The molecule has 2 aromatic rings. The molecule has 0 spiro atoms. The third-order valence-corrected chi connectivity index (χ3v) is 3.06. The van der Waals surface area contributed by atoms with Crippen LogP contribution in [-0.2, 0) is 5.41 Å². The van der Waals surface area contributed by atoms with Crippen molar-refractivity contribution < 1.29 is 19.5 Å². The average molecular weight is 275 g/mol. The summed E-state index contributed by atoms with van der Waals surface area (Å²) in [6, 6.07) is 4.98. The lowest BCUT2D eigenvalue weighted by Crippen LogP contribution is -2.12. The second kappa shape index (κ2) is 4.67. The van der Waals surface area contributed by atoms with Crippen LogP contribution in [0.25, 0.3) is 11.3 Å². The summed E-state index contributed by atoms with van der Waals surface area (Å²) in [5.74, 6) is -1.33. The first kappa shape index (κ1) is 14.1. The van der Waals surface area contributed by atoms with Gasteiger partial charge in [0.05, 0.1) is 0 Å². The van der Waals surface area contributed by atoms with Crippen LogP contribution < -0.4 is 0 Å². The summed E-state index contributed by atoms with van der Waals surface area (Å²) in [4.78, 5) is 10.8. The summed E-state index contributed by atoms with van der Waals surface area (Å²) in [7, 11) is 0. The van der Waals surface area contributed by atoms with Gasteiger partial charge in [0.15, 0.2) is 0 Å². The van der Waals surface area contributed by atoms with E-state index in [1.54, 1.807) is 6.07 Å². The van der Waals surface area contributed by atoms with Crippen molar-refractivity contribution in [3.05, 3.63) is 35.1 Å². The first-order chi connectivity index (χ1) is 9.20. The minimum absolute atomic E-state index is 0.105. The maximum atomic E-state index is 10.8. The van der Waals surface area contributed by atoms with Gasteiger partial charge in [0.2, 0.25) is 5.76 Å². The van der Waals surface area contributed by atoms with Crippen LogP contribution >= 0.6 is 0 Å². The van der Waals surface area contributed by atoms with Gasteiger partial charge < -0.3 is 14.7 Å². The van der Waals surface area contributed by atoms with Crippen molar-refractivity contribution in [2.45, 2.75) is 33.1 Å². The van der Waals surface area contributed by atoms with Crippen LogP contribution in [0.2, 0.25) is 0 Å². The van der Waals surface area contributed by atoms with Crippen LogP contribution in [0.15, 0.2) is 22.7 Å². The van der Waals surface area contributed by atoms with Gasteiger partial charge in [0, 0.05) is 17.2 Å². The average Bonchev–Trinajstić information content (AvgIpc) is 2.79. The van der Waals surface area contributed by atoms with E-state index in [1.807, 2.05) is 33.8 Å². The molecule has 0 aliphatic rings. The molecule has 5 nitrogen and oxygen atoms in total. The number of hydrogen-bond acceptors (Lipinski definition) is 4. The third kappa shape index (κ3) is 2.52.